The Morgan fingerprint density at radius 2 is 2.33 bits per heavy atom. The van der Waals surface area contributed by atoms with E-state index in [1.165, 1.54) is 6.92 Å². The third kappa shape index (κ3) is 1.63. The van der Waals surface area contributed by atoms with Gasteiger partial charge in [0.05, 0.1) is 12.8 Å². The number of carbonyl (C=O) groups is 1. The summed E-state index contributed by atoms with van der Waals surface area (Å²) in [5, 5.41) is 0.895. The van der Waals surface area contributed by atoms with E-state index in [0.29, 0.717) is 11.6 Å². The Morgan fingerprint density at radius 1 is 1.60 bits per heavy atom. The Morgan fingerprint density at radius 3 is 2.93 bits per heavy atom. The molecule has 2 aromatic rings. The molecule has 0 atom stereocenters. The van der Waals surface area contributed by atoms with E-state index in [2.05, 4.69) is 25.9 Å². The molecule has 0 aliphatic rings. The highest BCUT2D eigenvalue weighted by atomic mass is 79.9. The van der Waals surface area contributed by atoms with Crippen LogP contribution in [0.2, 0.25) is 0 Å². The Kier molecular flexibility index (Phi) is 2.48. The average molecular weight is 269 g/mol. The summed E-state index contributed by atoms with van der Waals surface area (Å²) in [7, 11) is 1.55. The number of nitrogens with one attached hydrogen (secondary N) is 1. The predicted molar refractivity (Wildman–Crippen MR) is 60.4 cm³/mol. The molecule has 1 N–H and O–H groups in total. The average Bonchev–Trinajstić information content (AvgIpc) is 2.64. The smallest absolute Gasteiger partial charge is 0.238 e. The number of hydrogen-bond acceptors (Lipinski definition) is 3. The molecule has 15 heavy (non-hydrogen) atoms. The van der Waals surface area contributed by atoms with Crippen LogP contribution in [0.25, 0.3) is 10.9 Å². The van der Waals surface area contributed by atoms with Crippen molar-refractivity contribution in [2.75, 3.05) is 7.11 Å². The van der Waals surface area contributed by atoms with E-state index in [4.69, 9.17) is 4.74 Å². The van der Waals surface area contributed by atoms with Crippen LogP contribution in [0.4, 0.5) is 0 Å². The first-order chi connectivity index (χ1) is 7.13. The minimum Gasteiger partial charge on any atom is -0.479 e. The minimum atomic E-state index is -0.0137. The zero-order valence-electron chi connectivity index (χ0n) is 8.30. The van der Waals surface area contributed by atoms with Gasteiger partial charge in [0.15, 0.2) is 5.78 Å². The first kappa shape index (κ1) is 10.2. The maximum Gasteiger partial charge on any atom is 0.238 e. The molecule has 0 saturated carbocycles. The topological polar surface area (TPSA) is 55.0 Å². The summed E-state index contributed by atoms with van der Waals surface area (Å²) in [6.07, 6.45) is 1.65. The molecule has 4 nitrogen and oxygen atoms in total. The van der Waals surface area contributed by atoms with E-state index in [9.17, 15) is 4.79 Å². The van der Waals surface area contributed by atoms with Gasteiger partial charge >= 0.3 is 0 Å². The van der Waals surface area contributed by atoms with Crippen molar-refractivity contribution in [1.82, 2.24) is 9.97 Å². The fourth-order valence-electron chi connectivity index (χ4n) is 1.41. The highest BCUT2D eigenvalue weighted by molar-refractivity contribution is 9.10. The monoisotopic (exact) mass is 268 g/mol. The maximum atomic E-state index is 11.2. The van der Waals surface area contributed by atoms with Gasteiger partial charge in [0.2, 0.25) is 5.88 Å². The van der Waals surface area contributed by atoms with Gasteiger partial charge in [-0.25, -0.2) is 4.98 Å². The summed E-state index contributed by atoms with van der Waals surface area (Å²) in [4.78, 5) is 18.3. The summed E-state index contributed by atoms with van der Waals surface area (Å²) in [6.45, 7) is 1.51. The summed E-state index contributed by atoms with van der Waals surface area (Å²) < 4.78 is 5.94. The van der Waals surface area contributed by atoms with Crippen LogP contribution in [-0.4, -0.2) is 22.9 Å². The van der Waals surface area contributed by atoms with Gasteiger partial charge in [0.25, 0.3) is 0 Å². The van der Waals surface area contributed by atoms with Crippen LogP contribution in [0.1, 0.15) is 17.4 Å². The Hall–Kier alpha value is -1.36. The van der Waals surface area contributed by atoms with Gasteiger partial charge in [-0.05, 0) is 22.0 Å². The van der Waals surface area contributed by atoms with E-state index >= 15 is 0 Å². The molecule has 0 amide bonds. The number of hydrogen-bond donors (Lipinski definition) is 1. The van der Waals surface area contributed by atoms with Crippen LogP contribution >= 0.6 is 15.9 Å². The minimum absolute atomic E-state index is 0.0137. The molecule has 78 valence electrons. The van der Waals surface area contributed by atoms with Crippen LogP contribution in [0, 0.1) is 0 Å². The lowest BCUT2D eigenvalue weighted by molar-refractivity contribution is 0.101. The van der Waals surface area contributed by atoms with E-state index in [0.717, 1.165) is 15.4 Å². The van der Waals surface area contributed by atoms with Gasteiger partial charge < -0.3 is 9.72 Å². The third-order valence-corrected chi connectivity index (χ3v) is 2.79. The number of ether oxygens (including phenoxy) is 1. The maximum absolute atomic E-state index is 11.2. The lowest BCUT2D eigenvalue weighted by atomic mass is 10.3. The van der Waals surface area contributed by atoms with Crippen molar-refractivity contribution in [3.05, 3.63) is 22.4 Å². The molecule has 0 aliphatic heterocycles. The molecule has 0 fully saturated rings. The molecule has 0 radical (unpaired) electrons. The summed E-state index contributed by atoms with van der Waals surface area (Å²) in [6, 6.07) is 1.78. The zero-order chi connectivity index (χ0) is 11.0. The molecule has 0 aromatic carbocycles. The number of aromatic nitrogens is 2. The third-order valence-electron chi connectivity index (χ3n) is 2.16. The summed E-state index contributed by atoms with van der Waals surface area (Å²) in [5.74, 6) is 0.473. The fourth-order valence-corrected chi connectivity index (χ4v) is 1.82. The van der Waals surface area contributed by atoms with Crippen molar-refractivity contribution in [2.45, 2.75) is 6.92 Å². The van der Waals surface area contributed by atoms with Crippen LogP contribution in [0.5, 0.6) is 5.88 Å². The van der Waals surface area contributed by atoms with Crippen LogP contribution in [0.15, 0.2) is 16.7 Å². The number of fused-ring (bicyclic) bond motifs is 1. The lowest BCUT2D eigenvalue weighted by Crippen LogP contribution is -1.91. The second kappa shape index (κ2) is 3.66. The number of aromatic amines is 1. The molecule has 0 aliphatic carbocycles. The quantitative estimate of drug-likeness (QED) is 0.852. The number of H-pyrrole nitrogens is 1. The molecule has 0 saturated heterocycles. The highest BCUT2D eigenvalue weighted by Gasteiger charge is 2.12. The van der Waals surface area contributed by atoms with Crippen molar-refractivity contribution < 1.29 is 9.53 Å². The summed E-state index contributed by atoms with van der Waals surface area (Å²) >= 11 is 3.37. The van der Waals surface area contributed by atoms with Crippen LogP contribution < -0.4 is 4.74 Å². The number of methoxy groups -OCH3 is 1. The van der Waals surface area contributed by atoms with Crippen LogP contribution in [0.3, 0.4) is 0 Å². The second-order valence-electron chi connectivity index (χ2n) is 3.14. The highest BCUT2D eigenvalue weighted by Crippen LogP contribution is 2.29. The zero-order valence-corrected chi connectivity index (χ0v) is 9.88. The number of carbonyl (C=O) groups excluding carboxylic acids is 1. The Bertz CT molecular complexity index is 533. The Balaban J connectivity index is 2.77. The van der Waals surface area contributed by atoms with E-state index in [1.807, 2.05) is 0 Å². The predicted octanol–water partition coefficient (Wildman–Crippen LogP) is 2.54. The van der Waals surface area contributed by atoms with Crippen molar-refractivity contribution in [2.24, 2.45) is 0 Å². The number of nitrogens with zero attached hydrogens (tertiary/aromatic N) is 1. The SMILES string of the molecule is COc1ncc(Br)c2cc(C(C)=O)[nH]c12. The first-order valence-electron chi connectivity index (χ1n) is 4.35. The van der Waals surface area contributed by atoms with E-state index < -0.39 is 0 Å². The molecule has 2 heterocycles. The molecular weight excluding hydrogens is 260 g/mol. The molecule has 2 aromatic heterocycles. The van der Waals surface area contributed by atoms with Gasteiger partial charge in [-0.15, -0.1) is 0 Å². The van der Waals surface area contributed by atoms with Crippen molar-refractivity contribution in [3.63, 3.8) is 0 Å². The number of rotatable bonds is 2. The van der Waals surface area contributed by atoms with Crippen LogP contribution in [-0.2, 0) is 0 Å². The first-order valence-corrected chi connectivity index (χ1v) is 5.15. The van der Waals surface area contributed by atoms with Gasteiger partial charge in [-0.1, -0.05) is 0 Å². The van der Waals surface area contributed by atoms with Crippen molar-refractivity contribution in [3.8, 4) is 5.88 Å². The van der Waals surface area contributed by atoms with Gasteiger partial charge in [-0.2, -0.15) is 0 Å². The number of Topliss-reactive ketones (excluding diaryl/α,β-unsaturated/α-hetero) is 1. The largest absolute Gasteiger partial charge is 0.479 e. The summed E-state index contributed by atoms with van der Waals surface area (Å²) in [5.41, 5.74) is 1.29. The van der Waals surface area contributed by atoms with Crippen molar-refractivity contribution in [1.29, 1.82) is 0 Å². The molecule has 2 rings (SSSR count). The normalized spacial score (nSPS) is 10.6. The molecule has 0 unspecified atom stereocenters. The molecule has 0 spiro atoms. The lowest BCUT2D eigenvalue weighted by Gasteiger charge is -2.00. The number of ketones is 1. The van der Waals surface area contributed by atoms with Gasteiger partial charge in [0.1, 0.15) is 5.52 Å². The van der Waals surface area contributed by atoms with Gasteiger partial charge in [-0.3, -0.25) is 4.79 Å². The Labute approximate surface area is 94.8 Å². The van der Waals surface area contributed by atoms with E-state index in [-0.39, 0.29) is 5.78 Å². The number of halogens is 1. The second-order valence-corrected chi connectivity index (χ2v) is 4.00. The standard InChI is InChI=1S/C10H9BrN2O2/c1-5(14)8-3-6-7(11)4-12-10(15-2)9(6)13-8/h3-4,13H,1-2H3. The molecule has 5 heteroatoms. The van der Waals surface area contributed by atoms with E-state index in [1.54, 1.807) is 19.4 Å². The van der Waals surface area contributed by atoms with Crippen molar-refractivity contribution >= 4 is 32.6 Å². The molecule has 0 bridgehead atoms. The fraction of sp³-hybridized carbons (Fsp3) is 0.200. The van der Waals surface area contributed by atoms with Gasteiger partial charge in [0, 0.05) is 23.0 Å². The number of pyridine rings is 1. The molecular formula is C10H9BrN2O2.